The van der Waals surface area contributed by atoms with Crippen LogP contribution in [-0.4, -0.2) is 36.4 Å². The molecular weight excluding hydrogens is 224 g/mol. The van der Waals surface area contributed by atoms with Gasteiger partial charge in [-0.05, 0) is 51.0 Å². The van der Waals surface area contributed by atoms with E-state index in [1.54, 1.807) is 0 Å². The number of aliphatic hydroxyl groups excluding tert-OH is 1. The molecule has 5 atom stereocenters. The first-order chi connectivity index (χ1) is 8.72. The SMILES string of the molecule is CC(CO)C(C)NC1CCCC1C1CCCCN1. The van der Waals surface area contributed by atoms with E-state index in [1.807, 2.05) is 0 Å². The second-order valence-electron chi connectivity index (χ2n) is 6.37. The summed E-state index contributed by atoms with van der Waals surface area (Å²) in [6.45, 7) is 5.83. The van der Waals surface area contributed by atoms with Gasteiger partial charge in [-0.25, -0.2) is 0 Å². The molecule has 2 fully saturated rings. The normalized spacial score (nSPS) is 36.5. The second-order valence-corrected chi connectivity index (χ2v) is 6.37. The molecule has 18 heavy (non-hydrogen) atoms. The number of hydrogen-bond acceptors (Lipinski definition) is 3. The Hall–Kier alpha value is -0.120. The minimum Gasteiger partial charge on any atom is -0.396 e. The third-order valence-electron chi connectivity index (χ3n) is 5.05. The minimum absolute atomic E-state index is 0.285. The van der Waals surface area contributed by atoms with Crippen molar-refractivity contribution in [3.05, 3.63) is 0 Å². The molecule has 0 aromatic heterocycles. The summed E-state index contributed by atoms with van der Waals surface area (Å²) in [6.07, 6.45) is 8.14. The molecule has 1 saturated carbocycles. The average Bonchev–Trinajstić information content (AvgIpc) is 2.86. The fraction of sp³-hybridized carbons (Fsp3) is 1.00. The van der Waals surface area contributed by atoms with Gasteiger partial charge in [-0.15, -0.1) is 0 Å². The molecule has 5 unspecified atom stereocenters. The molecule has 1 aliphatic carbocycles. The summed E-state index contributed by atoms with van der Waals surface area (Å²) >= 11 is 0. The van der Waals surface area contributed by atoms with Gasteiger partial charge < -0.3 is 15.7 Å². The van der Waals surface area contributed by atoms with Crippen LogP contribution in [0.3, 0.4) is 0 Å². The van der Waals surface area contributed by atoms with E-state index >= 15 is 0 Å². The molecule has 0 aromatic rings. The summed E-state index contributed by atoms with van der Waals surface area (Å²) in [4.78, 5) is 0. The topological polar surface area (TPSA) is 44.3 Å². The fourth-order valence-electron chi connectivity index (χ4n) is 3.58. The maximum atomic E-state index is 9.24. The molecule has 3 heteroatoms. The van der Waals surface area contributed by atoms with E-state index in [2.05, 4.69) is 24.5 Å². The molecule has 2 rings (SSSR count). The van der Waals surface area contributed by atoms with Gasteiger partial charge in [0.2, 0.25) is 0 Å². The Morgan fingerprint density at radius 1 is 1.17 bits per heavy atom. The van der Waals surface area contributed by atoms with Crippen LogP contribution < -0.4 is 10.6 Å². The molecule has 1 heterocycles. The Kier molecular flexibility index (Phi) is 5.46. The van der Waals surface area contributed by atoms with E-state index in [9.17, 15) is 5.11 Å². The van der Waals surface area contributed by atoms with Gasteiger partial charge >= 0.3 is 0 Å². The maximum absolute atomic E-state index is 9.24. The zero-order valence-corrected chi connectivity index (χ0v) is 12.0. The monoisotopic (exact) mass is 254 g/mol. The highest BCUT2D eigenvalue weighted by molar-refractivity contribution is 4.93. The molecule has 1 saturated heterocycles. The van der Waals surface area contributed by atoms with Crippen molar-refractivity contribution in [2.24, 2.45) is 11.8 Å². The highest BCUT2D eigenvalue weighted by Gasteiger charge is 2.35. The molecule has 3 N–H and O–H groups in total. The van der Waals surface area contributed by atoms with E-state index in [0.29, 0.717) is 18.0 Å². The molecule has 0 aromatic carbocycles. The van der Waals surface area contributed by atoms with Crippen molar-refractivity contribution < 1.29 is 5.11 Å². The predicted molar refractivity (Wildman–Crippen MR) is 75.6 cm³/mol. The van der Waals surface area contributed by atoms with Crippen molar-refractivity contribution in [2.75, 3.05) is 13.2 Å². The Bertz CT molecular complexity index is 241. The zero-order valence-electron chi connectivity index (χ0n) is 12.0. The van der Waals surface area contributed by atoms with Crippen LogP contribution in [0.25, 0.3) is 0 Å². The highest BCUT2D eigenvalue weighted by atomic mass is 16.3. The van der Waals surface area contributed by atoms with Crippen LogP contribution in [0.15, 0.2) is 0 Å². The van der Waals surface area contributed by atoms with Crippen molar-refractivity contribution >= 4 is 0 Å². The summed E-state index contributed by atoms with van der Waals surface area (Å²) in [5, 5.41) is 16.7. The molecule has 3 nitrogen and oxygen atoms in total. The quantitative estimate of drug-likeness (QED) is 0.702. The van der Waals surface area contributed by atoms with Gasteiger partial charge in [0.15, 0.2) is 0 Å². The average molecular weight is 254 g/mol. The largest absolute Gasteiger partial charge is 0.396 e. The Morgan fingerprint density at radius 2 is 2.00 bits per heavy atom. The van der Waals surface area contributed by atoms with Gasteiger partial charge in [-0.2, -0.15) is 0 Å². The first-order valence-corrected chi connectivity index (χ1v) is 7.82. The third-order valence-corrected chi connectivity index (χ3v) is 5.05. The summed E-state index contributed by atoms with van der Waals surface area (Å²) in [5.41, 5.74) is 0. The van der Waals surface area contributed by atoms with Crippen molar-refractivity contribution in [3.63, 3.8) is 0 Å². The molecule has 0 spiro atoms. The zero-order chi connectivity index (χ0) is 13.0. The Balaban J connectivity index is 1.86. The van der Waals surface area contributed by atoms with Crippen LogP contribution in [0.4, 0.5) is 0 Å². The van der Waals surface area contributed by atoms with E-state index in [4.69, 9.17) is 0 Å². The molecule has 0 amide bonds. The molecule has 1 aliphatic heterocycles. The van der Waals surface area contributed by atoms with Crippen LogP contribution in [0, 0.1) is 11.8 Å². The van der Waals surface area contributed by atoms with Crippen LogP contribution >= 0.6 is 0 Å². The van der Waals surface area contributed by atoms with Crippen molar-refractivity contribution in [1.29, 1.82) is 0 Å². The van der Waals surface area contributed by atoms with Crippen LogP contribution in [0.1, 0.15) is 52.4 Å². The summed E-state index contributed by atoms with van der Waals surface area (Å²) < 4.78 is 0. The van der Waals surface area contributed by atoms with Gasteiger partial charge in [0, 0.05) is 24.7 Å². The minimum atomic E-state index is 0.285. The van der Waals surface area contributed by atoms with E-state index < -0.39 is 0 Å². The van der Waals surface area contributed by atoms with Crippen molar-refractivity contribution in [3.8, 4) is 0 Å². The molecule has 0 radical (unpaired) electrons. The van der Waals surface area contributed by atoms with Gasteiger partial charge in [0.05, 0.1) is 0 Å². The number of aliphatic hydroxyl groups is 1. The van der Waals surface area contributed by atoms with Gasteiger partial charge in [-0.1, -0.05) is 19.8 Å². The van der Waals surface area contributed by atoms with Gasteiger partial charge in [0.1, 0.15) is 0 Å². The maximum Gasteiger partial charge on any atom is 0.0471 e. The lowest BCUT2D eigenvalue weighted by Gasteiger charge is -2.35. The molecular formula is C15H30N2O. The summed E-state index contributed by atoms with van der Waals surface area (Å²) in [6, 6.07) is 1.81. The summed E-state index contributed by atoms with van der Waals surface area (Å²) in [5.74, 6) is 1.16. The van der Waals surface area contributed by atoms with Crippen molar-refractivity contribution in [1.82, 2.24) is 10.6 Å². The fourth-order valence-corrected chi connectivity index (χ4v) is 3.58. The first kappa shape index (κ1) is 14.3. The molecule has 2 aliphatic rings. The third kappa shape index (κ3) is 3.46. The van der Waals surface area contributed by atoms with Gasteiger partial charge in [0.25, 0.3) is 0 Å². The van der Waals surface area contributed by atoms with Crippen molar-refractivity contribution in [2.45, 2.75) is 70.5 Å². The molecule has 0 bridgehead atoms. The summed E-state index contributed by atoms with van der Waals surface area (Å²) in [7, 11) is 0. The number of piperidine rings is 1. The predicted octanol–water partition coefficient (Wildman–Crippen LogP) is 1.90. The van der Waals surface area contributed by atoms with Crippen LogP contribution in [0.2, 0.25) is 0 Å². The highest BCUT2D eigenvalue weighted by Crippen LogP contribution is 2.32. The standard InChI is InChI=1S/C15H30N2O/c1-11(10-18)12(2)17-15-8-5-6-13(15)14-7-3-4-9-16-14/h11-18H,3-10H2,1-2H3. The lowest BCUT2D eigenvalue weighted by atomic mass is 9.87. The number of nitrogens with one attached hydrogen (secondary N) is 2. The second kappa shape index (κ2) is 6.88. The smallest absolute Gasteiger partial charge is 0.0471 e. The number of rotatable bonds is 5. The molecule has 106 valence electrons. The first-order valence-electron chi connectivity index (χ1n) is 7.82. The van der Waals surface area contributed by atoms with E-state index in [1.165, 1.54) is 45.1 Å². The Labute approximate surface area is 112 Å². The lowest BCUT2D eigenvalue weighted by molar-refractivity contribution is 0.184. The van der Waals surface area contributed by atoms with E-state index in [-0.39, 0.29) is 6.61 Å². The lowest BCUT2D eigenvalue weighted by Crippen LogP contribution is -2.50. The van der Waals surface area contributed by atoms with Crippen LogP contribution in [0.5, 0.6) is 0 Å². The van der Waals surface area contributed by atoms with Crippen LogP contribution in [-0.2, 0) is 0 Å². The van der Waals surface area contributed by atoms with E-state index in [0.717, 1.165) is 12.0 Å². The van der Waals surface area contributed by atoms with Gasteiger partial charge in [-0.3, -0.25) is 0 Å². The Morgan fingerprint density at radius 3 is 2.67 bits per heavy atom. The number of hydrogen-bond donors (Lipinski definition) is 3.